The number of benzene rings is 2. The zero-order chi connectivity index (χ0) is 17.7. The second-order valence-electron chi connectivity index (χ2n) is 6.29. The summed E-state index contributed by atoms with van der Waals surface area (Å²) in [6.45, 7) is 4.98. The van der Waals surface area contributed by atoms with Gasteiger partial charge in [0.15, 0.2) is 0 Å². The third kappa shape index (κ3) is 4.50. The molecule has 24 heavy (non-hydrogen) atoms. The number of carbonyl (C=O) groups is 1. The number of amides is 1. The lowest BCUT2D eigenvalue weighted by Gasteiger charge is -2.26. The van der Waals surface area contributed by atoms with Crippen LogP contribution in [-0.4, -0.2) is 19.6 Å². The van der Waals surface area contributed by atoms with E-state index in [2.05, 4.69) is 5.32 Å². The monoisotopic (exact) mass is 365 g/mol. The van der Waals surface area contributed by atoms with E-state index >= 15 is 0 Å². The Balaban J connectivity index is 2.11. The molecule has 2 aromatic carbocycles. The summed E-state index contributed by atoms with van der Waals surface area (Å²) in [4.78, 5) is 12.5. The van der Waals surface area contributed by atoms with Crippen LogP contribution < -0.4 is 5.32 Å². The molecule has 0 fully saturated rings. The summed E-state index contributed by atoms with van der Waals surface area (Å²) in [5.74, 6) is -0.115. The molecule has 0 unspecified atom stereocenters. The van der Waals surface area contributed by atoms with Crippen LogP contribution in [0.15, 0.2) is 42.5 Å². The highest BCUT2D eigenvalue weighted by molar-refractivity contribution is 6.42. The molecule has 128 valence electrons. The van der Waals surface area contributed by atoms with Crippen molar-refractivity contribution in [2.45, 2.75) is 25.9 Å². The number of carbonyl (C=O) groups excluding carboxylic acids is 1. The Bertz CT molecular complexity index is 729. The average Bonchev–Trinajstić information content (AvgIpc) is 2.56. The normalized spacial score (nSPS) is 11.4. The van der Waals surface area contributed by atoms with Crippen molar-refractivity contribution in [3.05, 3.63) is 69.2 Å². The first kappa shape index (κ1) is 18.8. The Morgan fingerprint density at radius 2 is 1.83 bits per heavy atom. The maximum Gasteiger partial charge on any atom is 0.251 e. The van der Waals surface area contributed by atoms with Crippen molar-refractivity contribution >= 4 is 29.1 Å². The molecule has 0 heterocycles. The molecule has 0 aliphatic rings. The van der Waals surface area contributed by atoms with Gasteiger partial charge in [-0.05, 0) is 29.3 Å². The molecule has 0 aliphatic carbocycles. The van der Waals surface area contributed by atoms with Gasteiger partial charge in [-0.25, -0.2) is 0 Å². The van der Waals surface area contributed by atoms with Gasteiger partial charge in [0, 0.05) is 24.6 Å². The minimum atomic E-state index is -0.278. The van der Waals surface area contributed by atoms with Crippen LogP contribution in [0.1, 0.15) is 35.3 Å². The van der Waals surface area contributed by atoms with Gasteiger partial charge in [-0.3, -0.25) is 4.79 Å². The van der Waals surface area contributed by atoms with Gasteiger partial charge >= 0.3 is 0 Å². The summed E-state index contributed by atoms with van der Waals surface area (Å²) in [7, 11) is 1.61. The molecule has 0 bridgehead atoms. The largest absolute Gasteiger partial charge is 0.380 e. The molecule has 0 aliphatic heterocycles. The predicted octanol–water partition coefficient (Wildman–Crippen LogP) is 4.85. The molecule has 0 aromatic heterocycles. The van der Waals surface area contributed by atoms with E-state index in [9.17, 15) is 4.79 Å². The first-order valence-corrected chi connectivity index (χ1v) is 8.41. The fourth-order valence-corrected chi connectivity index (χ4v) is 2.74. The van der Waals surface area contributed by atoms with Gasteiger partial charge in [-0.15, -0.1) is 0 Å². The van der Waals surface area contributed by atoms with Crippen molar-refractivity contribution in [1.82, 2.24) is 5.32 Å². The van der Waals surface area contributed by atoms with Gasteiger partial charge in [0.25, 0.3) is 5.91 Å². The van der Waals surface area contributed by atoms with Crippen molar-refractivity contribution in [3.8, 4) is 0 Å². The number of hydrogen-bond acceptors (Lipinski definition) is 2. The smallest absolute Gasteiger partial charge is 0.251 e. The van der Waals surface area contributed by atoms with Gasteiger partial charge < -0.3 is 10.1 Å². The second-order valence-corrected chi connectivity index (χ2v) is 7.10. The molecule has 0 radical (unpaired) electrons. The minimum absolute atomic E-state index is 0.115. The molecule has 3 nitrogen and oxygen atoms in total. The molecule has 0 atom stereocenters. The fourth-order valence-electron chi connectivity index (χ4n) is 2.44. The SMILES string of the molecule is COCc1ccccc1C(=O)NCC(C)(C)c1ccc(Cl)c(Cl)c1. The summed E-state index contributed by atoms with van der Waals surface area (Å²) in [6.07, 6.45) is 0. The summed E-state index contributed by atoms with van der Waals surface area (Å²) in [5.41, 5.74) is 2.23. The highest BCUT2D eigenvalue weighted by Crippen LogP contribution is 2.29. The van der Waals surface area contributed by atoms with Crippen LogP contribution in [0.5, 0.6) is 0 Å². The topological polar surface area (TPSA) is 38.3 Å². The predicted molar refractivity (Wildman–Crippen MR) is 99.0 cm³/mol. The quantitative estimate of drug-likeness (QED) is 0.794. The zero-order valence-electron chi connectivity index (χ0n) is 14.0. The maximum atomic E-state index is 12.5. The van der Waals surface area contributed by atoms with E-state index < -0.39 is 0 Å². The molecule has 5 heteroatoms. The fraction of sp³-hybridized carbons (Fsp3) is 0.316. The van der Waals surface area contributed by atoms with Crippen LogP contribution in [0.4, 0.5) is 0 Å². The molecular formula is C19H21Cl2NO2. The molecule has 0 spiro atoms. The van der Waals surface area contributed by atoms with Crippen LogP contribution in [0, 0.1) is 0 Å². The summed E-state index contributed by atoms with van der Waals surface area (Å²) in [6, 6.07) is 13.0. The van der Waals surface area contributed by atoms with Gasteiger partial charge in [0.1, 0.15) is 0 Å². The molecule has 2 aromatic rings. The first-order valence-electron chi connectivity index (χ1n) is 7.66. The van der Waals surface area contributed by atoms with Gasteiger partial charge in [-0.1, -0.05) is 61.3 Å². The number of rotatable bonds is 6. The molecular weight excluding hydrogens is 345 g/mol. The van der Waals surface area contributed by atoms with Crippen LogP contribution in [0.3, 0.4) is 0 Å². The summed E-state index contributed by atoms with van der Waals surface area (Å²) < 4.78 is 5.15. The summed E-state index contributed by atoms with van der Waals surface area (Å²) in [5, 5.41) is 4.03. The number of ether oxygens (including phenoxy) is 1. The highest BCUT2D eigenvalue weighted by Gasteiger charge is 2.23. The average molecular weight is 366 g/mol. The van der Waals surface area contributed by atoms with Crippen LogP contribution >= 0.6 is 23.2 Å². The van der Waals surface area contributed by atoms with Crippen molar-refractivity contribution in [2.75, 3.05) is 13.7 Å². The Morgan fingerprint density at radius 3 is 2.50 bits per heavy atom. The molecule has 0 saturated heterocycles. The molecule has 1 N–H and O–H groups in total. The van der Waals surface area contributed by atoms with Gasteiger partial charge in [-0.2, -0.15) is 0 Å². The third-order valence-electron chi connectivity index (χ3n) is 3.95. The van der Waals surface area contributed by atoms with E-state index in [0.717, 1.165) is 11.1 Å². The maximum absolute atomic E-state index is 12.5. The second kappa shape index (κ2) is 8.02. The number of halogens is 2. The summed E-state index contributed by atoms with van der Waals surface area (Å²) >= 11 is 12.1. The first-order chi connectivity index (χ1) is 11.3. The minimum Gasteiger partial charge on any atom is -0.380 e. The van der Waals surface area contributed by atoms with Gasteiger partial charge in [0.05, 0.1) is 16.7 Å². The number of nitrogens with one attached hydrogen (secondary N) is 1. The van der Waals surface area contributed by atoms with Gasteiger partial charge in [0.2, 0.25) is 0 Å². The lowest BCUT2D eigenvalue weighted by Crippen LogP contribution is -2.37. The number of methoxy groups -OCH3 is 1. The van der Waals surface area contributed by atoms with E-state index in [1.165, 1.54) is 0 Å². The van der Waals surface area contributed by atoms with E-state index in [1.54, 1.807) is 19.2 Å². The van der Waals surface area contributed by atoms with E-state index in [-0.39, 0.29) is 11.3 Å². The molecule has 0 saturated carbocycles. The Labute approximate surface area is 152 Å². The van der Waals surface area contributed by atoms with Crippen LogP contribution in [0.2, 0.25) is 10.0 Å². The number of hydrogen-bond donors (Lipinski definition) is 1. The lowest BCUT2D eigenvalue weighted by molar-refractivity contribution is 0.0940. The van der Waals surface area contributed by atoms with Crippen molar-refractivity contribution < 1.29 is 9.53 Å². The molecule has 1 amide bonds. The van der Waals surface area contributed by atoms with Crippen LogP contribution in [0.25, 0.3) is 0 Å². The van der Waals surface area contributed by atoms with E-state index in [1.807, 2.05) is 44.2 Å². The lowest BCUT2D eigenvalue weighted by atomic mass is 9.84. The standard InChI is InChI=1S/C19H21Cl2NO2/c1-19(2,14-8-9-16(20)17(21)10-14)12-22-18(23)15-7-5-4-6-13(15)11-24-3/h4-10H,11-12H2,1-3H3,(H,22,23). The van der Waals surface area contributed by atoms with Crippen molar-refractivity contribution in [3.63, 3.8) is 0 Å². The molecule has 2 rings (SSSR count). The van der Waals surface area contributed by atoms with E-state index in [4.69, 9.17) is 27.9 Å². The Morgan fingerprint density at radius 1 is 1.12 bits per heavy atom. The van der Waals surface area contributed by atoms with E-state index in [0.29, 0.717) is 28.8 Å². The van der Waals surface area contributed by atoms with Crippen molar-refractivity contribution in [2.24, 2.45) is 0 Å². The van der Waals surface area contributed by atoms with Crippen LogP contribution in [-0.2, 0) is 16.8 Å². The highest BCUT2D eigenvalue weighted by atomic mass is 35.5. The van der Waals surface area contributed by atoms with Crippen molar-refractivity contribution in [1.29, 1.82) is 0 Å². The zero-order valence-corrected chi connectivity index (χ0v) is 15.5. The Hall–Kier alpha value is -1.55. The Kier molecular flexibility index (Phi) is 6.27. The third-order valence-corrected chi connectivity index (χ3v) is 4.69.